The SMILES string of the molecule is COC1=CCc2ncc(F)c(CCCNC[C@@H]3CN(c4ccc5c(c4)NC(=O)CS5)C(=O)O3)c2N1CC(O)CO. The molecule has 214 valence electrons. The number of amides is 2. The quantitative estimate of drug-likeness (QED) is 0.296. The van der Waals surface area contributed by atoms with Crippen LogP contribution in [0.4, 0.5) is 26.2 Å². The summed E-state index contributed by atoms with van der Waals surface area (Å²) in [5.74, 6) is 0.330. The highest BCUT2D eigenvalue weighted by atomic mass is 32.2. The Kier molecular flexibility index (Phi) is 8.74. The molecule has 1 aromatic heterocycles. The highest BCUT2D eigenvalue weighted by Crippen LogP contribution is 2.36. The molecule has 4 N–H and O–H groups in total. The molecule has 0 spiro atoms. The van der Waals surface area contributed by atoms with Gasteiger partial charge in [-0.1, -0.05) is 0 Å². The van der Waals surface area contributed by atoms with Crippen molar-refractivity contribution in [2.45, 2.75) is 36.4 Å². The molecule has 40 heavy (non-hydrogen) atoms. The van der Waals surface area contributed by atoms with Gasteiger partial charge in [-0.25, -0.2) is 9.18 Å². The molecule has 1 saturated heterocycles. The van der Waals surface area contributed by atoms with Crippen LogP contribution in [0.1, 0.15) is 17.7 Å². The van der Waals surface area contributed by atoms with Crippen LogP contribution in [0.3, 0.4) is 0 Å². The molecule has 3 aliphatic rings. The number of anilines is 3. The fourth-order valence-electron chi connectivity index (χ4n) is 5.05. The number of hydrogen-bond acceptors (Lipinski definition) is 10. The topological polar surface area (TPSA) is 136 Å². The number of ether oxygens (including phenoxy) is 2. The number of methoxy groups -OCH3 is 1. The number of thioether (sulfide) groups is 1. The minimum atomic E-state index is -1.03. The summed E-state index contributed by atoms with van der Waals surface area (Å²) in [5.41, 5.74) is 3.06. The summed E-state index contributed by atoms with van der Waals surface area (Å²) in [6.07, 6.45) is 2.66. The van der Waals surface area contributed by atoms with Crippen molar-refractivity contribution in [1.82, 2.24) is 10.3 Å². The van der Waals surface area contributed by atoms with Crippen LogP contribution in [-0.2, 0) is 27.1 Å². The fourth-order valence-corrected chi connectivity index (χ4v) is 5.83. The van der Waals surface area contributed by atoms with Gasteiger partial charge in [-0.05, 0) is 43.7 Å². The number of rotatable bonds is 11. The Balaban J connectivity index is 1.16. The van der Waals surface area contributed by atoms with E-state index in [9.17, 15) is 24.2 Å². The molecule has 5 rings (SSSR count). The summed E-state index contributed by atoms with van der Waals surface area (Å²) in [4.78, 5) is 32.7. The first-order valence-electron chi connectivity index (χ1n) is 13.1. The number of carbonyl (C=O) groups excluding carboxylic acids is 2. The number of fused-ring (bicyclic) bond motifs is 2. The van der Waals surface area contributed by atoms with Gasteiger partial charge in [0.15, 0.2) is 5.88 Å². The van der Waals surface area contributed by atoms with Crippen LogP contribution in [0.15, 0.2) is 41.3 Å². The van der Waals surface area contributed by atoms with E-state index < -0.39 is 24.6 Å². The van der Waals surface area contributed by atoms with Gasteiger partial charge in [0, 0.05) is 29.1 Å². The lowest BCUT2D eigenvalue weighted by Gasteiger charge is -2.33. The second-order valence-electron chi connectivity index (χ2n) is 9.72. The third-order valence-corrected chi connectivity index (χ3v) is 8.01. The number of nitrogens with zero attached hydrogens (tertiary/aromatic N) is 3. The molecule has 1 fully saturated rings. The molecule has 0 radical (unpaired) electrons. The molecule has 2 atom stereocenters. The molecule has 3 aliphatic heterocycles. The molecule has 1 unspecified atom stereocenters. The fraction of sp³-hybridized carbons (Fsp3) is 0.444. The van der Waals surface area contributed by atoms with Gasteiger partial charge >= 0.3 is 6.09 Å². The molecule has 0 aliphatic carbocycles. The molecule has 0 bridgehead atoms. The molecule has 13 heteroatoms. The van der Waals surface area contributed by atoms with Crippen LogP contribution in [0.5, 0.6) is 0 Å². The number of aromatic nitrogens is 1. The predicted octanol–water partition coefficient (Wildman–Crippen LogP) is 2.02. The van der Waals surface area contributed by atoms with Crippen molar-refractivity contribution in [2.24, 2.45) is 0 Å². The molecule has 4 heterocycles. The highest BCUT2D eigenvalue weighted by Gasteiger charge is 2.33. The molecular weight excluding hydrogens is 541 g/mol. The van der Waals surface area contributed by atoms with Crippen molar-refractivity contribution >= 4 is 40.8 Å². The van der Waals surface area contributed by atoms with Crippen molar-refractivity contribution in [3.05, 3.63) is 53.4 Å². The third-order valence-electron chi connectivity index (χ3n) is 6.93. The standard InChI is InChI=1S/C27H32FN5O6S/c1-38-25-7-5-21-26(33(25)12-17(35)14-34)19(20(28)11-30-21)3-2-8-29-10-18-13-32(27(37)39-18)16-4-6-23-22(9-16)31-24(36)15-40-23/h4,6-7,9,11,17-18,29,34-35H,2-3,5,8,10,12-15H2,1H3,(H,31,36)/t17?,18-/m1/s1. The van der Waals surface area contributed by atoms with Gasteiger partial charge in [-0.15, -0.1) is 11.8 Å². The summed E-state index contributed by atoms with van der Waals surface area (Å²) in [6.45, 7) is 0.960. The summed E-state index contributed by atoms with van der Waals surface area (Å²) < 4.78 is 25.9. The van der Waals surface area contributed by atoms with Gasteiger partial charge in [0.25, 0.3) is 0 Å². The van der Waals surface area contributed by atoms with Gasteiger partial charge in [0.2, 0.25) is 5.91 Å². The van der Waals surface area contributed by atoms with Crippen LogP contribution in [0.25, 0.3) is 0 Å². The van der Waals surface area contributed by atoms with E-state index in [0.717, 1.165) is 4.90 Å². The lowest BCUT2D eigenvalue weighted by molar-refractivity contribution is -0.113. The largest absolute Gasteiger partial charge is 0.482 e. The third kappa shape index (κ3) is 6.02. The Morgan fingerprint density at radius 1 is 1.38 bits per heavy atom. The molecule has 0 saturated carbocycles. The maximum absolute atomic E-state index is 15.0. The van der Waals surface area contributed by atoms with E-state index in [1.807, 2.05) is 18.2 Å². The van der Waals surface area contributed by atoms with E-state index >= 15 is 0 Å². The van der Waals surface area contributed by atoms with Crippen molar-refractivity contribution in [3.8, 4) is 0 Å². The number of β-amino-alcohol motifs (C(OH)–C–C–N with tert-alkyl or cyclic N) is 1. The zero-order valence-corrected chi connectivity index (χ0v) is 22.9. The number of pyridine rings is 1. The predicted molar refractivity (Wildman–Crippen MR) is 148 cm³/mol. The van der Waals surface area contributed by atoms with E-state index in [4.69, 9.17) is 9.47 Å². The van der Waals surface area contributed by atoms with E-state index in [2.05, 4.69) is 15.6 Å². The Morgan fingerprint density at radius 2 is 2.23 bits per heavy atom. The van der Waals surface area contributed by atoms with Gasteiger partial charge in [0.1, 0.15) is 11.9 Å². The first kappa shape index (κ1) is 28.1. The maximum Gasteiger partial charge on any atom is 0.414 e. The Bertz CT molecular complexity index is 1310. The number of aliphatic hydroxyl groups excluding tert-OH is 2. The highest BCUT2D eigenvalue weighted by molar-refractivity contribution is 8.00. The van der Waals surface area contributed by atoms with Crippen LogP contribution in [0, 0.1) is 5.82 Å². The number of nitrogens with one attached hydrogen (secondary N) is 2. The average molecular weight is 574 g/mol. The summed E-state index contributed by atoms with van der Waals surface area (Å²) >= 11 is 1.46. The van der Waals surface area contributed by atoms with Gasteiger partial charge in [0.05, 0.1) is 61.9 Å². The Hall–Kier alpha value is -3.39. The van der Waals surface area contributed by atoms with E-state index in [1.165, 1.54) is 25.1 Å². The molecule has 1 aromatic carbocycles. The van der Waals surface area contributed by atoms with Crippen molar-refractivity contribution in [2.75, 3.05) is 60.8 Å². The van der Waals surface area contributed by atoms with E-state index in [0.29, 0.717) is 78.9 Å². The van der Waals surface area contributed by atoms with Gasteiger partial charge < -0.3 is 35.2 Å². The summed E-state index contributed by atoms with van der Waals surface area (Å²) in [5, 5.41) is 25.6. The number of halogens is 1. The Labute approximate surface area is 235 Å². The van der Waals surface area contributed by atoms with E-state index in [1.54, 1.807) is 15.9 Å². The van der Waals surface area contributed by atoms with Gasteiger partial charge in [-0.3, -0.25) is 14.7 Å². The number of allylic oxidation sites excluding steroid dienone is 1. The van der Waals surface area contributed by atoms with Crippen LogP contribution in [0.2, 0.25) is 0 Å². The molecular formula is C27H32FN5O6S. The summed E-state index contributed by atoms with van der Waals surface area (Å²) in [7, 11) is 1.50. The average Bonchev–Trinajstić information content (AvgIpc) is 3.33. The van der Waals surface area contributed by atoms with Gasteiger partial charge in [-0.2, -0.15) is 0 Å². The van der Waals surface area contributed by atoms with Crippen molar-refractivity contribution in [3.63, 3.8) is 0 Å². The zero-order valence-electron chi connectivity index (χ0n) is 22.1. The second kappa shape index (κ2) is 12.4. The number of hydrogen-bond donors (Lipinski definition) is 4. The lowest BCUT2D eigenvalue weighted by Crippen LogP contribution is -2.37. The smallest absolute Gasteiger partial charge is 0.414 e. The monoisotopic (exact) mass is 573 g/mol. The number of aliphatic hydroxyl groups is 2. The minimum absolute atomic E-state index is 0.0402. The number of benzene rings is 1. The molecule has 2 amide bonds. The lowest BCUT2D eigenvalue weighted by atomic mass is 10.0. The maximum atomic E-state index is 15.0. The van der Waals surface area contributed by atoms with Crippen molar-refractivity contribution < 1.29 is 33.7 Å². The Morgan fingerprint density at radius 3 is 3.02 bits per heavy atom. The van der Waals surface area contributed by atoms with Crippen LogP contribution < -0.4 is 20.4 Å². The normalized spacial score (nSPS) is 19.0. The van der Waals surface area contributed by atoms with Crippen LogP contribution >= 0.6 is 11.8 Å². The van der Waals surface area contributed by atoms with Crippen LogP contribution in [-0.4, -0.2) is 85.1 Å². The number of cyclic esters (lactones) is 1. The summed E-state index contributed by atoms with van der Waals surface area (Å²) in [6, 6.07) is 5.52. The molecule has 11 nitrogen and oxygen atoms in total. The zero-order chi connectivity index (χ0) is 28.2. The second-order valence-corrected chi connectivity index (χ2v) is 10.7. The first-order valence-corrected chi connectivity index (χ1v) is 14.1. The van der Waals surface area contributed by atoms with Crippen molar-refractivity contribution in [1.29, 1.82) is 0 Å². The minimum Gasteiger partial charge on any atom is -0.482 e. The molecule has 2 aromatic rings. The first-order chi connectivity index (χ1) is 19.4. The van der Waals surface area contributed by atoms with E-state index in [-0.39, 0.29) is 18.6 Å². The number of carbonyl (C=O) groups is 2.